The van der Waals surface area contributed by atoms with Crippen molar-refractivity contribution in [1.29, 1.82) is 0 Å². The highest BCUT2D eigenvalue weighted by Gasteiger charge is 2.08. The van der Waals surface area contributed by atoms with Gasteiger partial charge in [0.05, 0.1) is 11.0 Å². The second-order valence-electron chi connectivity index (χ2n) is 4.48. The van der Waals surface area contributed by atoms with Crippen LogP contribution in [0.2, 0.25) is 0 Å². The molecule has 0 saturated carbocycles. The van der Waals surface area contributed by atoms with E-state index in [1.165, 1.54) is 0 Å². The Balaban J connectivity index is 2.06. The topological polar surface area (TPSA) is 40.7 Å². The van der Waals surface area contributed by atoms with Crippen LogP contribution in [0.3, 0.4) is 0 Å². The first-order chi connectivity index (χ1) is 8.60. The van der Waals surface area contributed by atoms with Crippen molar-refractivity contribution < 1.29 is 8.78 Å². The smallest absolute Gasteiger partial charge is 0.161 e. The van der Waals surface area contributed by atoms with E-state index in [9.17, 15) is 8.78 Å². The van der Waals surface area contributed by atoms with Crippen molar-refractivity contribution in [2.75, 3.05) is 6.54 Å². The molecule has 0 bridgehead atoms. The zero-order valence-corrected chi connectivity index (χ0v) is 10.6. The third kappa shape index (κ3) is 2.85. The monoisotopic (exact) mass is 253 g/mol. The lowest BCUT2D eigenvalue weighted by Crippen LogP contribution is -2.27. The van der Waals surface area contributed by atoms with Crippen molar-refractivity contribution in [3.8, 4) is 0 Å². The minimum Gasteiger partial charge on any atom is -0.342 e. The standard InChI is InChI=1S/C13H17F2N3/c1-3-8(2)16-5-4-13-17-11-6-9(14)10(15)7-12(11)18-13/h6-8,16H,3-5H2,1-2H3,(H,17,18). The molecule has 0 amide bonds. The molecule has 98 valence electrons. The Hall–Kier alpha value is -1.49. The number of nitrogens with one attached hydrogen (secondary N) is 2. The highest BCUT2D eigenvalue weighted by molar-refractivity contribution is 5.75. The molecule has 2 aromatic rings. The van der Waals surface area contributed by atoms with Crippen LogP contribution in [0.4, 0.5) is 8.78 Å². The predicted molar refractivity (Wildman–Crippen MR) is 67.5 cm³/mol. The number of halogens is 2. The SMILES string of the molecule is CCC(C)NCCc1nc2cc(F)c(F)cc2[nH]1. The third-order valence-electron chi connectivity index (χ3n) is 3.04. The fraction of sp³-hybridized carbons (Fsp3) is 0.462. The molecule has 1 aromatic heterocycles. The average Bonchev–Trinajstić information content (AvgIpc) is 2.71. The van der Waals surface area contributed by atoms with Crippen molar-refractivity contribution in [3.05, 3.63) is 29.6 Å². The molecule has 2 rings (SSSR count). The summed E-state index contributed by atoms with van der Waals surface area (Å²) in [5.74, 6) is -0.973. The quantitative estimate of drug-likeness (QED) is 0.860. The van der Waals surface area contributed by atoms with E-state index in [4.69, 9.17) is 0 Å². The zero-order chi connectivity index (χ0) is 13.1. The molecule has 0 aliphatic carbocycles. The molecule has 0 radical (unpaired) electrons. The van der Waals surface area contributed by atoms with E-state index in [1.54, 1.807) is 0 Å². The normalized spacial score (nSPS) is 13.1. The molecule has 1 aromatic carbocycles. The van der Waals surface area contributed by atoms with Gasteiger partial charge < -0.3 is 10.3 Å². The fourth-order valence-corrected chi connectivity index (χ4v) is 1.76. The van der Waals surface area contributed by atoms with Crippen LogP contribution in [0.1, 0.15) is 26.1 Å². The van der Waals surface area contributed by atoms with Crippen LogP contribution in [-0.2, 0) is 6.42 Å². The van der Waals surface area contributed by atoms with Gasteiger partial charge in [-0.25, -0.2) is 13.8 Å². The van der Waals surface area contributed by atoms with Gasteiger partial charge in [-0.1, -0.05) is 6.92 Å². The predicted octanol–water partition coefficient (Wildman–Crippen LogP) is 2.77. The summed E-state index contributed by atoms with van der Waals surface area (Å²) < 4.78 is 26.0. The second-order valence-corrected chi connectivity index (χ2v) is 4.48. The molecule has 2 N–H and O–H groups in total. The molecule has 1 unspecified atom stereocenters. The van der Waals surface area contributed by atoms with Crippen LogP contribution in [-0.4, -0.2) is 22.6 Å². The first kappa shape index (κ1) is 13.0. The molecule has 0 fully saturated rings. The number of rotatable bonds is 5. The fourth-order valence-electron chi connectivity index (χ4n) is 1.76. The lowest BCUT2D eigenvalue weighted by atomic mass is 10.2. The summed E-state index contributed by atoms with van der Waals surface area (Å²) in [6.07, 6.45) is 1.78. The largest absolute Gasteiger partial charge is 0.342 e. The van der Waals surface area contributed by atoms with E-state index in [0.29, 0.717) is 23.5 Å². The molecule has 3 nitrogen and oxygen atoms in total. The molecule has 1 atom stereocenters. The minimum absolute atomic E-state index is 0.462. The number of hydrogen-bond donors (Lipinski definition) is 2. The lowest BCUT2D eigenvalue weighted by molar-refractivity contribution is 0.510. The van der Waals surface area contributed by atoms with Gasteiger partial charge in [0.2, 0.25) is 0 Å². The van der Waals surface area contributed by atoms with Crippen molar-refractivity contribution in [1.82, 2.24) is 15.3 Å². The second kappa shape index (κ2) is 5.44. The summed E-state index contributed by atoms with van der Waals surface area (Å²) in [5, 5.41) is 3.34. The summed E-state index contributed by atoms with van der Waals surface area (Å²) in [4.78, 5) is 7.23. The molecule has 0 saturated heterocycles. The van der Waals surface area contributed by atoms with E-state index >= 15 is 0 Å². The molecule has 1 heterocycles. The highest BCUT2D eigenvalue weighted by atomic mass is 19.2. The zero-order valence-electron chi connectivity index (χ0n) is 10.6. The van der Waals surface area contributed by atoms with Crippen LogP contribution in [0.25, 0.3) is 11.0 Å². The Morgan fingerprint density at radius 1 is 1.33 bits per heavy atom. The molecule has 0 spiro atoms. The van der Waals surface area contributed by atoms with E-state index in [2.05, 4.69) is 29.1 Å². The van der Waals surface area contributed by atoms with Crippen molar-refractivity contribution in [3.63, 3.8) is 0 Å². The Bertz CT molecular complexity index is 497. The van der Waals surface area contributed by atoms with E-state index in [-0.39, 0.29) is 0 Å². The minimum atomic E-state index is -0.863. The Labute approximate surface area is 105 Å². The maximum Gasteiger partial charge on any atom is 0.161 e. The van der Waals surface area contributed by atoms with Gasteiger partial charge in [0.1, 0.15) is 5.82 Å². The molecular formula is C13H17F2N3. The van der Waals surface area contributed by atoms with Crippen molar-refractivity contribution >= 4 is 11.0 Å². The summed E-state index contributed by atoms with van der Waals surface area (Å²) in [5.41, 5.74) is 1.000. The van der Waals surface area contributed by atoms with Gasteiger partial charge in [-0.3, -0.25) is 0 Å². The van der Waals surface area contributed by atoms with Gasteiger partial charge in [-0.05, 0) is 13.3 Å². The van der Waals surface area contributed by atoms with Gasteiger partial charge in [0, 0.05) is 31.1 Å². The van der Waals surface area contributed by atoms with Crippen LogP contribution in [0, 0.1) is 11.6 Å². The maximum atomic E-state index is 13.0. The summed E-state index contributed by atoms with van der Waals surface area (Å²) >= 11 is 0. The van der Waals surface area contributed by atoms with Crippen LogP contribution < -0.4 is 5.32 Å². The number of fused-ring (bicyclic) bond motifs is 1. The number of nitrogens with zero attached hydrogens (tertiary/aromatic N) is 1. The molecule has 5 heteroatoms. The van der Waals surface area contributed by atoms with Gasteiger partial charge in [0.15, 0.2) is 11.6 Å². The van der Waals surface area contributed by atoms with Crippen LogP contribution in [0.5, 0.6) is 0 Å². The lowest BCUT2D eigenvalue weighted by Gasteiger charge is -2.09. The molecular weight excluding hydrogens is 236 g/mol. The molecule has 18 heavy (non-hydrogen) atoms. The maximum absolute atomic E-state index is 13.0. The molecule has 0 aliphatic rings. The van der Waals surface area contributed by atoms with Gasteiger partial charge >= 0.3 is 0 Å². The Morgan fingerprint density at radius 3 is 2.78 bits per heavy atom. The van der Waals surface area contributed by atoms with E-state index in [0.717, 1.165) is 30.9 Å². The van der Waals surface area contributed by atoms with Gasteiger partial charge in [0.25, 0.3) is 0 Å². The third-order valence-corrected chi connectivity index (χ3v) is 3.04. The van der Waals surface area contributed by atoms with Crippen molar-refractivity contribution in [2.24, 2.45) is 0 Å². The van der Waals surface area contributed by atoms with Crippen molar-refractivity contribution in [2.45, 2.75) is 32.7 Å². The van der Waals surface area contributed by atoms with Gasteiger partial charge in [-0.15, -0.1) is 0 Å². The number of imidazole rings is 1. The van der Waals surface area contributed by atoms with Crippen LogP contribution in [0.15, 0.2) is 12.1 Å². The van der Waals surface area contributed by atoms with E-state index in [1.807, 2.05) is 0 Å². The number of benzene rings is 1. The number of aromatic nitrogens is 2. The first-order valence-electron chi connectivity index (χ1n) is 6.17. The van der Waals surface area contributed by atoms with Crippen LogP contribution >= 0.6 is 0 Å². The summed E-state index contributed by atoms with van der Waals surface area (Å²) in [7, 11) is 0. The summed E-state index contributed by atoms with van der Waals surface area (Å²) in [6, 6.07) is 2.72. The first-order valence-corrected chi connectivity index (χ1v) is 6.17. The number of hydrogen-bond acceptors (Lipinski definition) is 2. The van der Waals surface area contributed by atoms with Gasteiger partial charge in [-0.2, -0.15) is 0 Å². The Kier molecular flexibility index (Phi) is 3.91. The van der Waals surface area contributed by atoms with E-state index < -0.39 is 11.6 Å². The number of H-pyrrole nitrogens is 1. The Morgan fingerprint density at radius 2 is 2.06 bits per heavy atom. The number of aromatic amines is 1. The molecule has 0 aliphatic heterocycles. The summed E-state index contributed by atoms with van der Waals surface area (Å²) in [6.45, 7) is 5.02. The highest BCUT2D eigenvalue weighted by Crippen LogP contribution is 2.16. The average molecular weight is 253 g/mol.